The third kappa shape index (κ3) is 5.42. The number of hydrogen-bond acceptors (Lipinski definition) is 4. The highest BCUT2D eigenvalue weighted by Crippen LogP contribution is 2.18. The zero-order valence-electron chi connectivity index (χ0n) is 15.4. The van der Waals surface area contributed by atoms with Crippen molar-refractivity contribution in [2.75, 3.05) is 6.61 Å². The minimum Gasteiger partial charge on any atom is -0.462 e. The molecular formula is C23H19IO4. The van der Waals surface area contributed by atoms with E-state index in [1.54, 1.807) is 30.3 Å². The van der Waals surface area contributed by atoms with Crippen molar-refractivity contribution in [1.82, 2.24) is 0 Å². The molecule has 0 aliphatic carbocycles. The predicted octanol–water partition coefficient (Wildman–Crippen LogP) is 5.22. The number of rotatable bonds is 6. The van der Waals surface area contributed by atoms with Crippen LogP contribution in [0.2, 0.25) is 0 Å². The lowest BCUT2D eigenvalue weighted by molar-refractivity contribution is 0.0507. The normalized spacial score (nSPS) is 10.4. The SMILES string of the molecule is Cc1ccc(C(=O)Oc2cccc(C(=O)OCCc3ccccc3)c2)cc1I. The lowest BCUT2D eigenvalue weighted by atomic mass is 10.1. The summed E-state index contributed by atoms with van der Waals surface area (Å²) >= 11 is 2.18. The fourth-order valence-electron chi connectivity index (χ4n) is 2.56. The Bertz CT molecular complexity index is 983. The molecule has 0 aliphatic heterocycles. The lowest BCUT2D eigenvalue weighted by Crippen LogP contribution is -2.11. The monoisotopic (exact) mass is 486 g/mol. The molecule has 0 amide bonds. The van der Waals surface area contributed by atoms with Crippen LogP contribution in [0.25, 0.3) is 0 Å². The molecule has 3 rings (SSSR count). The van der Waals surface area contributed by atoms with Crippen molar-refractivity contribution in [1.29, 1.82) is 0 Å². The van der Waals surface area contributed by atoms with Crippen molar-refractivity contribution in [2.24, 2.45) is 0 Å². The Kier molecular flexibility index (Phi) is 6.81. The highest BCUT2D eigenvalue weighted by molar-refractivity contribution is 14.1. The second-order valence-corrected chi connectivity index (χ2v) is 7.42. The first kappa shape index (κ1) is 20.1. The average Bonchev–Trinajstić information content (AvgIpc) is 2.71. The molecule has 4 nitrogen and oxygen atoms in total. The van der Waals surface area contributed by atoms with Crippen molar-refractivity contribution in [3.63, 3.8) is 0 Å². The number of carbonyl (C=O) groups excluding carboxylic acids is 2. The van der Waals surface area contributed by atoms with Crippen LogP contribution in [0.1, 0.15) is 31.8 Å². The van der Waals surface area contributed by atoms with Gasteiger partial charge >= 0.3 is 11.9 Å². The number of hydrogen-bond donors (Lipinski definition) is 0. The molecule has 0 N–H and O–H groups in total. The van der Waals surface area contributed by atoms with E-state index < -0.39 is 11.9 Å². The quantitative estimate of drug-likeness (QED) is 0.273. The molecule has 0 aromatic heterocycles. The molecule has 0 atom stereocenters. The Morgan fingerprint density at radius 3 is 2.36 bits per heavy atom. The summed E-state index contributed by atoms with van der Waals surface area (Å²) in [5, 5.41) is 0. The van der Waals surface area contributed by atoms with Crippen LogP contribution in [-0.4, -0.2) is 18.5 Å². The van der Waals surface area contributed by atoms with E-state index in [1.165, 1.54) is 6.07 Å². The first-order chi connectivity index (χ1) is 13.5. The van der Waals surface area contributed by atoms with E-state index in [0.29, 0.717) is 23.3 Å². The Balaban J connectivity index is 1.60. The smallest absolute Gasteiger partial charge is 0.343 e. The Labute approximate surface area is 177 Å². The van der Waals surface area contributed by atoms with E-state index in [9.17, 15) is 9.59 Å². The van der Waals surface area contributed by atoms with Crippen molar-refractivity contribution >= 4 is 34.5 Å². The molecule has 0 saturated heterocycles. The summed E-state index contributed by atoms with van der Waals surface area (Å²) in [6, 6.07) is 21.6. The number of benzene rings is 3. The van der Waals surface area contributed by atoms with E-state index >= 15 is 0 Å². The first-order valence-electron chi connectivity index (χ1n) is 8.82. The van der Waals surface area contributed by atoms with E-state index in [0.717, 1.165) is 14.7 Å². The Morgan fingerprint density at radius 1 is 0.857 bits per heavy atom. The van der Waals surface area contributed by atoms with E-state index in [2.05, 4.69) is 22.6 Å². The molecule has 5 heteroatoms. The molecule has 0 saturated carbocycles. The minimum atomic E-state index is -0.465. The topological polar surface area (TPSA) is 52.6 Å². The number of esters is 2. The van der Waals surface area contributed by atoms with Crippen LogP contribution in [0.4, 0.5) is 0 Å². The summed E-state index contributed by atoms with van der Waals surface area (Å²) in [4.78, 5) is 24.6. The van der Waals surface area contributed by atoms with Gasteiger partial charge in [-0.2, -0.15) is 0 Å². The molecule has 0 aliphatic rings. The van der Waals surface area contributed by atoms with Gasteiger partial charge in [-0.1, -0.05) is 42.5 Å². The van der Waals surface area contributed by atoms with Crippen LogP contribution in [0.3, 0.4) is 0 Å². The van der Waals surface area contributed by atoms with E-state index in [1.807, 2.05) is 43.3 Å². The largest absolute Gasteiger partial charge is 0.462 e. The van der Waals surface area contributed by atoms with Crippen LogP contribution < -0.4 is 4.74 Å². The Morgan fingerprint density at radius 2 is 1.61 bits per heavy atom. The molecule has 0 heterocycles. The third-order valence-electron chi connectivity index (χ3n) is 4.15. The fraction of sp³-hybridized carbons (Fsp3) is 0.130. The van der Waals surface area contributed by atoms with Gasteiger partial charge in [0.2, 0.25) is 0 Å². The molecule has 0 bridgehead atoms. The van der Waals surface area contributed by atoms with Crippen molar-refractivity contribution in [3.8, 4) is 5.75 Å². The molecule has 28 heavy (non-hydrogen) atoms. The number of halogens is 1. The van der Waals surface area contributed by atoms with Gasteiger partial charge in [-0.15, -0.1) is 0 Å². The maximum Gasteiger partial charge on any atom is 0.343 e. The minimum absolute atomic E-state index is 0.286. The predicted molar refractivity (Wildman–Crippen MR) is 116 cm³/mol. The average molecular weight is 486 g/mol. The summed E-state index contributed by atoms with van der Waals surface area (Å²) in [6.07, 6.45) is 0.646. The fourth-order valence-corrected chi connectivity index (χ4v) is 3.08. The third-order valence-corrected chi connectivity index (χ3v) is 5.32. The zero-order valence-corrected chi connectivity index (χ0v) is 17.5. The van der Waals surface area contributed by atoms with Gasteiger partial charge in [0.05, 0.1) is 17.7 Å². The summed E-state index contributed by atoms with van der Waals surface area (Å²) in [6.45, 7) is 2.26. The molecule has 3 aromatic rings. The number of aryl methyl sites for hydroxylation is 1. The van der Waals surface area contributed by atoms with Crippen LogP contribution in [0.5, 0.6) is 5.75 Å². The van der Waals surface area contributed by atoms with Gasteiger partial charge in [-0.25, -0.2) is 9.59 Å². The van der Waals surface area contributed by atoms with Crippen molar-refractivity contribution in [3.05, 3.63) is 98.6 Å². The van der Waals surface area contributed by atoms with E-state index in [4.69, 9.17) is 9.47 Å². The molecule has 0 spiro atoms. The molecular weight excluding hydrogens is 467 g/mol. The second kappa shape index (κ2) is 9.50. The standard InChI is InChI=1S/C23H19IO4/c1-16-10-11-19(15-21(16)24)23(26)28-20-9-5-8-18(14-20)22(25)27-13-12-17-6-3-2-4-7-17/h2-11,14-15H,12-13H2,1H3. The first-order valence-corrected chi connectivity index (χ1v) is 9.90. The van der Waals surface area contributed by atoms with Gasteiger partial charge in [-0.3, -0.25) is 0 Å². The molecule has 0 radical (unpaired) electrons. The maximum atomic E-state index is 12.3. The lowest BCUT2D eigenvalue weighted by Gasteiger charge is -2.08. The van der Waals surface area contributed by atoms with Crippen molar-refractivity contribution in [2.45, 2.75) is 13.3 Å². The molecule has 0 fully saturated rings. The number of ether oxygens (including phenoxy) is 2. The summed E-state index contributed by atoms with van der Waals surface area (Å²) in [7, 11) is 0. The molecule has 3 aromatic carbocycles. The second-order valence-electron chi connectivity index (χ2n) is 6.25. The number of carbonyl (C=O) groups is 2. The molecule has 0 unspecified atom stereocenters. The highest BCUT2D eigenvalue weighted by Gasteiger charge is 2.13. The summed E-state index contributed by atoms with van der Waals surface area (Å²) in [5.41, 5.74) is 3.01. The summed E-state index contributed by atoms with van der Waals surface area (Å²) in [5.74, 6) is -0.607. The van der Waals surface area contributed by atoms with Gasteiger partial charge in [0.25, 0.3) is 0 Å². The summed E-state index contributed by atoms with van der Waals surface area (Å²) < 4.78 is 11.7. The zero-order chi connectivity index (χ0) is 19.9. The Hall–Kier alpha value is -2.67. The highest BCUT2D eigenvalue weighted by atomic mass is 127. The van der Waals surface area contributed by atoms with Gasteiger partial charge in [0, 0.05) is 9.99 Å². The van der Waals surface area contributed by atoms with Crippen molar-refractivity contribution < 1.29 is 19.1 Å². The van der Waals surface area contributed by atoms with Crippen LogP contribution in [0, 0.1) is 10.5 Å². The maximum absolute atomic E-state index is 12.3. The van der Waals surface area contributed by atoms with Gasteiger partial charge in [-0.05, 0) is 71.0 Å². The van der Waals surface area contributed by atoms with Crippen LogP contribution in [0.15, 0.2) is 72.8 Å². The van der Waals surface area contributed by atoms with Gasteiger partial charge in [0.15, 0.2) is 0 Å². The van der Waals surface area contributed by atoms with Crippen LogP contribution in [-0.2, 0) is 11.2 Å². The van der Waals surface area contributed by atoms with Crippen LogP contribution >= 0.6 is 22.6 Å². The van der Waals surface area contributed by atoms with E-state index in [-0.39, 0.29) is 6.61 Å². The molecule has 142 valence electrons. The van der Waals surface area contributed by atoms with Gasteiger partial charge < -0.3 is 9.47 Å². The van der Waals surface area contributed by atoms with Gasteiger partial charge in [0.1, 0.15) is 5.75 Å².